The molecule has 0 aliphatic carbocycles. The number of hydrogen-bond donors (Lipinski definition) is 2. The maximum atomic E-state index is 14.4. The van der Waals surface area contributed by atoms with Gasteiger partial charge in [-0.2, -0.15) is 0 Å². The molecule has 2 aromatic carbocycles. The average Bonchev–Trinajstić information content (AvgIpc) is 2.48. The van der Waals surface area contributed by atoms with Crippen molar-refractivity contribution in [1.82, 2.24) is 0 Å². The van der Waals surface area contributed by atoms with Gasteiger partial charge in [-0.25, -0.2) is 4.39 Å². The lowest BCUT2D eigenvalue weighted by Gasteiger charge is -2.21. The Morgan fingerprint density at radius 3 is 2.52 bits per heavy atom. The van der Waals surface area contributed by atoms with Gasteiger partial charge in [0.15, 0.2) is 5.82 Å². The first-order valence-corrected chi connectivity index (χ1v) is 7.37. The topological polar surface area (TPSA) is 53.1 Å². The van der Waals surface area contributed by atoms with Gasteiger partial charge in [0.1, 0.15) is 5.84 Å². The summed E-state index contributed by atoms with van der Waals surface area (Å²) in [6.07, 6.45) is 0.836. The fourth-order valence-corrected chi connectivity index (χ4v) is 2.65. The highest BCUT2D eigenvalue weighted by Gasteiger charge is 2.15. The highest BCUT2D eigenvalue weighted by Crippen LogP contribution is 2.28. The summed E-state index contributed by atoms with van der Waals surface area (Å²) in [5.74, 6) is -0.544. The van der Waals surface area contributed by atoms with E-state index < -0.39 is 5.82 Å². The minimum absolute atomic E-state index is 0.153. The van der Waals surface area contributed by atoms with E-state index in [9.17, 15) is 4.39 Å². The molecular weight excluding hydrogens is 333 g/mol. The number of nitrogens with two attached hydrogens (primary N) is 1. The molecule has 0 unspecified atom stereocenters. The molecule has 0 spiro atoms. The summed E-state index contributed by atoms with van der Waals surface area (Å²) in [6.45, 7) is 0.701. The van der Waals surface area contributed by atoms with E-state index in [1.54, 1.807) is 12.1 Å². The molecule has 0 fully saturated rings. The number of amidine groups is 1. The molecule has 5 heteroatoms. The van der Waals surface area contributed by atoms with Crippen molar-refractivity contribution in [3.8, 4) is 0 Å². The van der Waals surface area contributed by atoms with Gasteiger partial charge in [0.2, 0.25) is 0 Å². The number of nitrogens with one attached hydrogen (secondary N) is 1. The molecule has 3 nitrogen and oxygen atoms in total. The number of rotatable bonds is 5. The number of nitrogens with zero attached hydrogens (tertiary/aromatic N) is 1. The van der Waals surface area contributed by atoms with E-state index in [0.29, 0.717) is 17.8 Å². The SMILES string of the molecule is CN(CCc1ccccc1)c1ccc(C(=N)N)c(Br)c1F. The van der Waals surface area contributed by atoms with Crippen LogP contribution in [0.5, 0.6) is 0 Å². The van der Waals surface area contributed by atoms with Crippen LogP contribution >= 0.6 is 15.9 Å². The first kappa shape index (κ1) is 15.5. The van der Waals surface area contributed by atoms with Crippen LogP contribution in [0.4, 0.5) is 10.1 Å². The van der Waals surface area contributed by atoms with E-state index in [-0.39, 0.29) is 10.3 Å². The van der Waals surface area contributed by atoms with Crippen LogP contribution in [0, 0.1) is 11.2 Å². The first-order chi connectivity index (χ1) is 10.0. The van der Waals surface area contributed by atoms with E-state index in [4.69, 9.17) is 11.1 Å². The zero-order valence-corrected chi connectivity index (χ0v) is 13.3. The van der Waals surface area contributed by atoms with Gasteiger partial charge in [-0.05, 0) is 40.0 Å². The molecule has 0 amide bonds. The molecule has 0 aromatic heterocycles. The molecule has 0 atom stereocenters. The van der Waals surface area contributed by atoms with Crippen molar-refractivity contribution < 1.29 is 4.39 Å². The van der Waals surface area contributed by atoms with Crippen LogP contribution < -0.4 is 10.6 Å². The molecule has 21 heavy (non-hydrogen) atoms. The molecule has 0 bridgehead atoms. The number of anilines is 1. The van der Waals surface area contributed by atoms with Crippen LogP contribution in [0.2, 0.25) is 0 Å². The normalized spacial score (nSPS) is 10.4. The van der Waals surface area contributed by atoms with Crippen LogP contribution in [0.25, 0.3) is 0 Å². The van der Waals surface area contributed by atoms with E-state index in [1.165, 1.54) is 5.56 Å². The Balaban J connectivity index is 2.14. The standard InChI is InChI=1S/C16H17BrFN3/c1-21(10-9-11-5-3-2-4-6-11)13-8-7-12(16(19)20)14(17)15(13)18/h2-8H,9-10H2,1H3,(H3,19,20). The molecular formula is C16H17BrFN3. The summed E-state index contributed by atoms with van der Waals surface area (Å²) in [7, 11) is 1.85. The lowest BCUT2D eigenvalue weighted by molar-refractivity contribution is 0.615. The molecule has 2 rings (SSSR count). The molecule has 0 aliphatic rings. The summed E-state index contributed by atoms with van der Waals surface area (Å²) in [4.78, 5) is 1.86. The molecule has 0 aliphatic heterocycles. The van der Waals surface area contributed by atoms with Crippen molar-refractivity contribution >= 4 is 27.5 Å². The predicted molar refractivity (Wildman–Crippen MR) is 88.5 cm³/mol. The molecule has 110 valence electrons. The van der Waals surface area contributed by atoms with E-state index >= 15 is 0 Å². The van der Waals surface area contributed by atoms with Crippen molar-refractivity contribution in [3.63, 3.8) is 0 Å². The molecule has 0 saturated carbocycles. The fraction of sp³-hybridized carbons (Fsp3) is 0.188. The van der Waals surface area contributed by atoms with Crippen molar-refractivity contribution in [3.05, 3.63) is 63.9 Å². The third-order valence-corrected chi connectivity index (χ3v) is 4.12. The Labute approximate surface area is 132 Å². The number of likely N-dealkylation sites (N-methyl/N-ethyl adjacent to an activating group) is 1. The summed E-state index contributed by atoms with van der Waals surface area (Å²) in [6, 6.07) is 13.4. The molecule has 0 radical (unpaired) electrons. The Morgan fingerprint density at radius 1 is 1.24 bits per heavy atom. The molecule has 2 aromatic rings. The van der Waals surface area contributed by atoms with Gasteiger partial charge in [0.05, 0.1) is 10.2 Å². The summed E-state index contributed by atoms with van der Waals surface area (Å²) in [5.41, 5.74) is 7.49. The van der Waals surface area contributed by atoms with Gasteiger partial charge in [0.25, 0.3) is 0 Å². The van der Waals surface area contributed by atoms with Crippen LogP contribution in [-0.2, 0) is 6.42 Å². The third kappa shape index (κ3) is 3.61. The predicted octanol–water partition coefficient (Wildman–Crippen LogP) is 3.55. The Bertz CT molecular complexity index is 643. The zero-order chi connectivity index (χ0) is 15.4. The second-order valence-corrected chi connectivity index (χ2v) is 5.62. The van der Waals surface area contributed by atoms with Gasteiger partial charge in [0, 0.05) is 19.2 Å². The van der Waals surface area contributed by atoms with E-state index in [0.717, 1.165) is 6.42 Å². The third-order valence-electron chi connectivity index (χ3n) is 3.34. The van der Waals surface area contributed by atoms with Gasteiger partial charge in [-0.3, -0.25) is 5.41 Å². The van der Waals surface area contributed by atoms with Crippen molar-refractivity contribution in [1.29, 1.82) is 5.41 Å². The number of hydrogen-bond acceptors (Lipinski definition) is 2. The minimum Gasteiger partial charge on any atom is -0.384 e. The van der Waals surface area contributed by atoms with Crippen LogP contribution in [0.3, 0.4) is 0 Å². The Kier molecular flexibility index (Phi) is 4.96. The highest BCUT2D eigenvalue weighted by atomic mass is 79.9. The quantitative estimate of drug-likeness (QED) is 0.640. The molecule has 0 heterocycles. The lowest BCUT2D eigenvalue weighted by atomic mass is 10.1. The van der Waals surface area contributed by atoms with Gasteiger partial charge < -0.3 is 10.6 Å². The average molecular weight is 350 g/mol. The van der Waals surface area contributed by atoms with Crippen LogP contribution in [-0.4, -0.2) is 19.4 Å². The maximum absolute atomic E-state index is 14.4. The van der Waals surface area contributed by atoms with E-state index in [2.05, 4.69) is 28.1 Å². The first-order valence-electron chi connectivity index (χ1n) is 6.58. The summed E-state index contributed by atoms with van der Waals surface area (Å²) < 4.78 is 14.6. The monoisotopic (exact) mass is 349 g/mol. The second-order valence-electron chi connectivity index (χ2n) is 4.83. The minimum atomic E-state index is -0.390. The van der Waals surface area contributed by atoms with Gasteiger partial charge in [-0.15, -0.1) is 0 Å². The molecule has 3 N–H and O–H groups in total. The van der Waals surface area contributed by atoms with Crippen molar-refractivity contribution in [2.45, 2.75) is 6.42 Å². The molecule has 0 saturated heterocycles. The number of benzene rings is 2. The van der Waals surface area contributed by atoms with Crippen LogP contribution in [0.15, 0.2) is 46.9 Å². The van der Waals surface area contributed by atoms with Crippen LogP contribution in [0.1, 0.15) is 11.1 Å². The Hall–Kier alpha value is -1.88. The van der Waals surface area contributed by atoms with Gasteiger partial charge >= 0.3 is 0 Å². The maximum Gasteiger partial charge on any atom is 0.161 e. The second kappa shape index (κ2) is 6.72. The van der Waals surface area contributed by atoms with E-state index in [1.807, 2.05) is 30.1 Å². The van der Waals surface area contributed by atoms with Gasteiger partial charge in [-0.1, -0.05) is 30.3 Å². The zero-order valence-electron chi connectivity index (χ0n) is 11.7. The number of halogens is 2. The number of nitrogen functional groups attached to an aromatic ring is 1. The largest absolute Gasteiger partial charge is 0.384 e. The lowest BCUT2D eigenvalue weighted by Crippen LogP contribution is -2.22. The highest BCUT2D eigenvalue weighted by molar-refractivity contribution is 9.10. The summed E-state index contributed by atoms with van der Waals surface area (Å²) in [5, 5.41) is 7.41. The smallest absolute Gasteiger partial charge is 0.161 e. The fourth-order valence-electron chi connectivity index (χ4n) is 2.10. The Morgan fingerprint density at radius 2 is 1.90 bits per heavy atom. The summed E-state index contributed by atoms with van der Waals surface area (Å²) >= 11 is 3.17. The van der Waals surface area contributed by atoms with Crippen molar-refractivity contribution in [2.24, 2.45) is 5.73 Å². The van der Waals surface area contributed by atoms with Crippen molar-refractivity contribution in [2.75, 3.05) is 18.5 Å².